The van der Waals surface area contributed by atoms with Crippen molar-refractivity contribution in [2.45, 2.75) is 20.8 Å². The molecule has 0 unspecified atom stereocenters. The fourth-order valence-corrected chi connectivity index (χ4v) is 2.73. The van der Waals surface area contributed by atoms with Gasteiger partial charge in [-0.25, -0.2) is 4.79 Å². The number of H-pyrrole nitrogens is 1. The van der Waals surface area contributed by atoms with Crippen LogP contribution in [0.3, 0.4) is 0 Å². The first-order valence-corrected chi connectivity index (χ1v) is 7.61. The van der Waals surface area contributed by atoms with Crippen molar-refractivity contribution >= 4 is 33.5 Å². The molecule has 0 radical (unpaired) electrons. The molecule has 0 bridgehead atoms. The van der Waals surface area contributed by atoms with Crippen LogP contribution in [-0.4, -0.2) is 34.1 Å². The second-order valence-electron chi connectivity index (χ2n) is 5.07. The Morgan fingerprint density at radius 3 is 2.52 bits per heavy atom. The van der Waals surface area contributed by atoms with Gasteiger partial charge < -0.3 is 9.72 Å². The Kier molecular flexibility index (Phi) is 5.10. The topological polar surface area (TPSA) is 89.1 Å². The number of hydrogen-bond acceptors (Lipinski definition) is 5. The van der Waals surface area contributed by atoms with Crippen LogP contribution in [0.25, 0.3) is 0 Å². The summed E-state index contributed by atoms with van der Waals surface area (Å²) in [5.74, 6) is -1.15. The molecule has 0 aliphatic rings. The van der Waals surface area contributed by atoms with Gasteiger partial charge in [0.15, 0.2) is 12.4 Å². The first-order chi connectivity index (χ1) is 10.8. The van der Waals surface area contributed by atoms with Crippen molar-refractivity contribution in [1.82, 2.24) is 9.97 Å². The Hall–Kier alpha value is -2.28. The molecule has 1 N–H and O–H groups in total. The third-order valence-electron chi connectivity index (χ3n) is 3.34. The zero-order valence-corrected chi connectivity index (χ0v) is 14.5. The molecule has 23 heavy (non-hydrogen) atoms. The maximum atomic E-state index is 12.2. The number of hydrogen-bond donors (Lipinski definition) is 1. The van der Waals surface area contributed by atoms with Gasteiger partial charge in [-0.15, -0.1) is 0 Å². The van der Waals surface area contributed by atoms with Gasteiger partial charge in [-0.2, -0.15) is 0 Å². The zero-order chi connectivity index (χ0) is 17.1. The Morgan fingerprint density at radius 2 is 1.96 bits per heavy atom. The molecule has 0 amide bonds. The monoisotopic (exact) mass is 378 g/mol. The number of nitrogens with one attached hydrogen (secondary N) is 1. The maximum Gasteiger partial charge on any atom is 0.340 e. The molecule has 0 fully saturated rings. The van der Waals surface area contributed by atoms with Crippen LogP contribution < -0.4 is 0 Å². The smallest absolute Gasteiger partial charge is 0.340 e. The largest absolute Gasteiger partial charge is 0.454 e. The highest BCUT2D eigenvalue weighted by Crippen LogP contribution is 2.19. The standard InChI is InChI=1S/C16H15BrN2O4/c1-8-14(10(3)20)9(2)19-15(8)13(21)7-23-16(22)11-4-12(17)6-18-5-11/h4-6,19H,7H2,1-3H3. The Balaban J connectivity index is 2.10. The summed E-state index contributed by atoms with van der Waals surface area (Å²) < 4.78 is 5.65. The summed E-state index contributed by atoms with van der Waals surface area (Å²) in [6.45, 7) is 4.44. The predicted molar refractivity (Wildman–Crippen MR) is 86.8 cm³/mol. The van der Waals surface area contributed by atoms with Crippen molar-refractivity contribution in [3.05, 3.63) is 51.0 Å². The van der Waals surface area contributed by atoms with Crippen LogP contribution in [0.4, 0.5) is 0 Å². The summed E-state index contributed by atoms with van der Waals surface area (Å²) in [5, 5.41) is 0. The van der Waals surface area contributed by atoms with E-state index in [9.17, 15) is 14.4 Å². The minimum absolute atomic E-state index is 0.118. The molecule has 2 aromatic rings. The fraction of sp³-hybridized carbons (Fsp3) is 0.250. The molecule has 120 valence electrons. The average molecular weight is 379 g/mol. The molecule has 6 nitrogen and oxygen atoms in total. The summed E-state index contributed by atoms with van der Waals surface area (Å²) in [5.41, 5.74) is 2.22. The van der Waals surface area contributed by atoms with Crippen LogP contribution in [0.2, 0.25) is 0 Å². The number of esters is 1. The molecular formula is C16H15BrN2O4. The third-order valence-corrected chi connectivity index (χ3v) is 3.78. The van der Waals surface area contributed by atoms with Gasteiger partial charge in [0, 0.05) is 28.1 Å². The van der Waals surface area contributed by atoms with E-state index in [0.717, 1.165) is 0 Å². The van der Waals surface area contributed by atoms with Gasteiger partial charge in [0.1, 0.15) is 0 Å². The Labute approximate surface area is 141 Å². The van der Waals surface area contributed by atoms with Gasteiger partial charge in [-0.05, 0) is 48.3 Å². The molecule has 0 aliphatic carbocycles. The number of halogens is 1. The number of ketones is 2. The summed E-state index contributed by atoms with van der Waals surface area (Å²) in [7, 11) is 0. The average Bonchev–Trinajstić information content (AvgIpc) is 2.79. The lowest BCUT2D eigenvalue weighted by molar-refractivity contribution is 0.0473. The summed E-state index contributed by atoms with van der Waals surface area (Å²) in [4.78, 5) is 42.4. The fourth-order valence-electron chi connectivity index (χ4n) is 2.37. The van der Waals surface area contributed by atoms with E-state index in [1.807, 2.05) is 0 Å². The first-order valence-electron chi connectivity index (χ1n) is 6.82. The first kappa shape index (κ1) is 17.1. The Bertz CT molecular complexity index is 795. The third kappa shape index (κ3) is 3.73. The lowest BCUT2D eigenvalue weighted by atomic mass is 10.1. The van der Waals surface area contributed by atoms with E-state index < -0.39 is 18.4 Å². The van der Waals surface area contributed by atoms with Gasteiger partial charge >= 0.3 is 5.97 Å². The highest BCUT2D eigenvalue weighted by Gasteiger charge is 2.21. The lowest BCUT2D eigenvalue weighted by Gasteiger charge is -2.04. The van der Waals surface area contributed by atoms with E-state index in [4.69, 9.17) is 4.74 Å². The van der Waals surface area contributed by atoms with Crippen molar-refractivity contribution in [1.29, 1.82) is 0 Å². The number of carbonyl (C=O) groups is 3. The number of ether oxygens (including phenoxy) is 1. The molecule has 0 aromatic carbocycles. The second-order valence-corrected chi connectivity index (χ2v) is 5.99. The molecule has 0 aliphatic heterocycles. The number of nitrogens with zero attached hydrogens (tertiary/aromatic N) is 1. The Morgan fingerprint density at radius 1 is 1.26 bits per heavy atom. The number of rotatable bonds is 5. The number of aromatic nitrogens is 2. The zero-order valence-electron chi connectivity index (χ0n) is 12.9. The van der Waals surface area contributed by atoms with Crippen molar-refractivity contribution in [3.63, 3.8) is 0 Å². The van der Waals surface area contributed by atoms with Crippen molar-refractivity contribution in [2.24, 2.45) is 0 Å². The van der Waals surface area contributed by atoms with E-state index in [1.54, 1.807) is 19.9 Å². The van der Waals surface area contributed by atoms with E-state index in [2.05, 4.69) is 25.9 Å². The molecule has 2 rings (SSSR count). The van der Waals surface area contributed by atoms with Gasteiger partial charge in [0.05, 0.1) is 11.3 Å². The SMILES string of the molecule is CC(=O)c1c(C)[nH]c(C(=O)COC(=O)c2cncc(Br)c2)c1C. The predicted octanol–water partition coefficient (Wildman–Crippen LogP) is 3.03. The van der Waals surface area contributed by atoms with Crippen LogP contribution >= 0.6 is 15.9 Å². The normalized spacial score (nSPS) is 10.4. The summed E-state index contributed by atoms with van der Waals surface area (Å²) in [6.07, 6.45) is 2.89. The van der Waals surface area contributed by atoms with E-state index in [0.29, 0.717) is 21.3 Å². The van der Waals surface area contributed by atoms with Crippen LogP contribution in [0.15, 0.2) is 22.9 Å². The van der Waals surface area contributed by atoms with Crippen molar-refractivity contribution in [3.8, 4) is 0 Å². The van der Waals surface area contributed by atoms with Crippen LogP contribution in [0.5, 0.6) is 0 Å². The van der Waals surface area contributed by atoms with Gasteiger partial charge in [0.2, 0.25) is 5.78 Å². The molecule has 2 heterocycles. The number of pyridine rings is 1. The molecule has 0 saturated heterocycles. The van der Waals surface area contributed by atoms with E-state index >= 15 is 0 Å². The van der Waals surface area contributed by atoms with Gasteiger partial charge in [-0.1, -0.05) is 0 Å². The number of carbonyl (C=O) groups excluding carboxylic acids is 3. The molecule has 0 atom stereocenters. The van der Waals surface area contributed by atoms with Crippen molar-refractivity contribution < 1.29 is 19.1 Å². The quantitative estimate of drug-likeness (QED) is 0.637. The maximum absolute atomic E-state index is 12.2. The summed E-state index contributed by atoms with van der Waals surface area (Å²) in [6, 6.07) is 1.55. The minimum Gasteiger partial charge on any atom is -0.454 e. The molecular weight excluding hydrogens is 364 g/mol. The molecule has 0 spiro atoms. The number of Topliss-reactive ketones (excluding diaryl/α,β-unsaturated/α-hetero) is 2. The van der Waals surface area contributed by atoms with E-state index in [-0.39, 0.29) is 17.0 Å². The molecule has 7 heteroatoms. The van der Waals surface area contributed by atoms with Crippen molar-refractivity contribution in [2.75, 3.05) is 6.61 Å². The van der Waals surface area contributed by atoms with Gasteiger partial charge in [0.25, 0.3) is 0 Å². The highest BCUT2D eigenvalue weighted by atomic mass is 79.9. The summed E-state index contributed by atoms with van der Waals surface area (Å²) >= 11 is 3.21. The van der Waals surface area contributed by atoms with Crippen LogP contribution in [0, 0.1) is 13.8 Å². The van der Waals surface area contributed by atoms with Crippen LogP contribution in [-0.2, 0) is 4.74 Å². The minimum atomic E-state index is -0.639. The second kappa shape index (κ2) is 6.87. The van der Waals surface area contributed by atoms with Gasteiger partial charge in [-0.3, -0.25) is 14.6 Å². The number of aromatic amines is 1. The molecule has 0 saturated carbocycles. The lowest BCUT2D eigenvalue weighted by Crippen LogP contribution is -2.15. The van der Waals surface area contributed by atoms with E-state index in [1.165, 1.54) is 19.3 Å². The van der Waals surface area contributed by atoms with Crippen LogP contribution in [0.1, 0.15) is 49.4 Å². The molecule has 2 aromatic heterocycles. The number of aryl methyl sites for hydroxylation is 1. The highest BCUT2D eigenvalue weighted by molar-refractivity contribution is 9.10.